The largest absolute Gasteiger partial charge is 0.383 e. The molecule has 5 nitrogen and oxygen atoms in total. The average Bonchev–Trinajstić information content (AvgIpc) is 2.93. The Labute approximate surface area is 147 Å². The summed E-state index contributed by atoms with van der Waals surface area (Å²) in [6.07, 6.45) is 1.29. The number of anilines is 1. The van der Waals surface area contributed by atoms with Gasteiger partial charge in [0.15, 0.2) is 0 Å². The smallest absolute Gasteiger partial charge is 0.313 e. The summed E-state index contributed by atoms with van der Waals surface area (Å²) < 4.78 is 0. The van der Waals surface area contributed by atoms with Crippen molar-refractivity contribution < 1.29 is 14.7 Å². The minimum absolute atomic E-state index is 0.0170. The summed E-state index contributed by atoms with van der Waals surface area (Å²) in [5, 5.41) is 16.0. The van der Waals surface area contributed by atoms with Gasteiger partial charge in [0.1, 0.15) is 5.60 Å². The van der Waals surface area contributed by atoms with Gasteiger partial charge in [-0.05, 0) is 49.4 Å². The van der Waals surface area contributed by atoms with Crippen LogP contribution in [0.15, 0.2) is 42.5 Å². The molecule has 3 N–H and O–H groups in total. The second kappa shape index (κ2) is 6.69. The number of amides is 2. The van der Waals surface area contributed by atoms with Crippen LogP contribution in [0.3, 0.4) is 0 Å². The molecule has 3 rings (SSSR count). The van der Waals surface area contributed by atoms with E-state index < -0.39 is 17.4 Å². The van der Waals surface area contributed by atoms with Crippen molar-refractivity contribution in [2.24, 2.45) is 0 Å². The monoisotopic (exact) mass is 338 g/mol. The molecule has 0 heterocycles. The predicted molar refractivity (Wildman–Crippen MR) is 96.2 cm³/mol. The van der Waals surface area contributed by atoms with Gasteiger partial charge in [0, 0.05) is 5.69 Å². The molecule has 1 unspecified atom stereocenters. The van der Waals surface area contributed by atoms with Gasteiger partial charge in [-0.3, -0.25) is 9.59 Å². The van der Waals surface area contributed by atoms with Gasteiger partial charge in [0.05, 0.1) is 6.54 Å². The molecule has 2 aromatic rings. The Morgan fingerprint density at radius 1 is 1.12 bits per heavy atom. The number of carbonyl (C=O) groups is 2. The predicted octanol–water partition coefficient (Wildman–Crippen LogP) is 2.19. The number of benzene rings is 2. The second-order valence-corrected chi connectivity index (χ2v) is 6.64. The summed E-state index contributed by atoms with van der Waals surface area (Å²) in [5.41, 5.74) is 3.37. The molecule has 1 atom stereocenters. The van der Waals surface area contributed by atoms with Gasteiger partial charge in [0.25, 0.3) is 0 Å². The molecule has 0 aliphatic heterocycles. The quantitative estimate of drug-likeness (QED) is 0.751. The fourth-order valence-electron chi connectivity index (χ4n) is 3.29. The van der Waals surface area contributed by atoms with E-state index in [4.69, 9.17) is 0 Å². The lowest BCUT2D eigenvalue weighted by Gasteiger charge is -2.24. The zero-order chi connectivity index (χ0) is 18.0. The first-order valence-electron chi connectivity index (χ1n) is 8.36. The van der Waals surface area contributed by atoms with Crippen molar-refractivity contribution in [2.45, 2.75) is 32.3 Å². The topological polar surface area (TPSA) is 78.4 Å². The number of nitrogens with one attached hydrogen (secondary N) is 2. The van der Waals surface area contributed by atoms with Crippen molar-refractivity contribution in [1.82, 2.24) is 5.32 Å². The number of aliphatic hydroxyl groups is 1. The highest BCUT2D eigenvalue weighted by atomic mass is 16.3. The molecule has 1 aliphatic rings. The van der Waals surface area contributed by atoms with E-state index in [1.165, 1.54) is 0 Å². The van der Waals surface area contributed by atoms with Crippen LogP contribution in [0.2, 0.25) is 0 Å². The highest BCUT2D eigenvalue weighted by molar-refractivity contribution is 6.39. The molecule has 5 heteroatoms. The lowest BCUT2D eigenvalue weighted by molar-refractivity contribution is -0.136. The summed E-state index contributed by atoms with van der Waals surface area (Å²) in [6.45, 7) is 3.85. The molecule has 0 saturated carbocycles. The van der Waals surface area contributed by atoms with E-state index in [9.17, 15) is 14.7 Å². The summed E-state index contributed by atoms with van der Waals surface area (Å²) in [6, 6.07) is 13.2. The summed E-state index contributed by atoms with van der Waals surface area (Å²) in [4.78, 5) is 24.2. The van der Waals surface area contributed by atoms with Crippen LogP contribution in [-0.4, -0.2) is 23.5 Å². The summed E-state index contributed by atoms with van der Waals surface area (Å²) >= 11 is 0. The van der Waals surface area contributed by atoms with Gasteiger partial charge in [-0.2, -0.15) is 0 Å². The first-order chi connectivity index (χ1) is 11.9. The average molecular weight is 338 g/mol. The van der Waals surface area contributed by atoms with E-state index in [1.54, 1.807) is 6.07 Å². The summed E-state index contributed by atoms with van der Waals surface area (Å²) in [5.74, 6) is -1.49. The molecule has 0 spiro atoms. The van der Waals surface area contributed by atoms with Gasteiger partial charge >= 0.3 is 11.8 Å². The molecule has 1 aliphatic carbocycles. The van der Waals surface area contributed by atoms with E-state index in [0.29, 0.717) is 12.1 Å². The van der Waals surface area contributed by atoms with Crippen LogP contribution in [0.4, 0.5) is 5.69 Å². The molecule has 2 amide bonds. The zero-order valence-corrected chi connectivity index (χ0v) is 14.4. The standard InChI is InChI=1S/C20H22N2O3/c1-13-7-8-17(14(2)11-13)22-19(24)18(23)21-12-20(25)10-9-15-5-3-4-6-16(15)20/h3-8,11,25H,9-10,12H2,1-2H3,(H,21,23)(H,22,24). The van der Waals surface area contributed by atoms with Gasteiger partial charge in [0.2, 0.25) is 0 Å². The molecule has 2 aromatic carbocycles. The first kappa shape index (κ1) is 17.2. The second-order valence-electron chi connectivity index (χ2n) is 6.64. The molecular weight excluding hydrogens is 316 g/mol. The zero-order valence-electron chi connectivity index (χ0n) is 14.4. The van der Waals surface area contributed by atoms with Crippen molar-refractivity contribution in [3.63, 3.8) is 0 Å². The fraction of sp³-hybridized carbons (Fsp3) is 0.300. The van der Waals surface area contributed by atoms with Crippen LogP contribution >= 0.6 is 0 Å². The summed E-state index contributed by atoms with van der Waals surface area (Å²) in [7, 11) is 0. The maximum absolute atomic E-state index is 12.1. The minimum Gasteiger partial charge on any atom is -0.383 e. The van der Waals surface area contributed by atoms with Crippen molar-refractivity contribution in [1.29, 1.82) is 0 Å². The highest BCUT2D eigenvalue weighted by Gasteiger charge is 2.37. The van der Waals surface area contributed by atoms with Crippen molar-refractivity contribution in [3.05, 3.63) is 64.7 Å². The molecule has 130 valence electrons. The molecular formula is C20H22N2O3. The fourth-order valence-corrected chi connectivity index (χ4v) is 3.29. The molecule has 0 radical (unpaired) electrons. The molecule has 0 fully saturated rings. The third-order valence-electron chi connectivity index (χ3n) is 4.70. The maximum atomic E-state index is 12.1. The van der Waals surface area contributed by atoms with Crippen molar-refractivity contribution >= 4 is 17.5 Å². The molecule has 0 saturated heterocycles. The van der Waals surface area contributed by atoms with Crippen LogP contribution in [0, 0.1) is 13.8 Å². The molecule has 25 heavy (non-hydrogen) atoms. The number of fused-ring (bicyclic) bond motifs is 1. The Bertz CT molecular complexity index is 831. The Morgan fingerprint density at radius 3 is 2.64 bits per heavy atom. The Balaban J connectivity index is 1.62. The van der Waals surface area contributed by atoms with Crippen LogP contribution in [-0.2, 0) is 21.6 Å². The van der Waals surface area contributed by atoms with E-state index in [1.807, 2.05) is 50.2 Å². The van der Waals surface area contributed by atoms with E-state index in [2.05, 4.69) is 10.6 Å². The lowest BCUT2D eigenvalue weighted by atomic mass is 9.96. The van der Waals surface area contributed by atoms with Gasteiger partial charge in [-0.15, -0.1) is 0 Å². The van der Waals surface area contributed by atoms with E-state index in [-0.39, 0.29) is 6.54 Å². The first-order valence-corrected chi connectivity index (χ1v) is 8.36. The van der Waals surface area contributed by atoms with Crippen LogP contribution in [0.25, 0.3) is 0 Å². The molecule has 0 bridgehead atoms. The Kier molecular flexibility index (Phi) is 4.59. The van der Waals surface area contributed by atoms with Crippen LogP contribution in [0.5, 0.6) is 0 Å². The highest BCUT2D eigenvalue weighted by Crippen LogP contribution is 2.36. The normalized spacial score (nSPS) is 18.5. The Hall–Kier alpha value is -2.66. The Morgan fingerprint density at radius 2 is 1.88 bits per heavy atom. The van der Waals surface area contributed by atoms with Crippen molar-refractivity contribution in [3.8, 4) is 0 Å². The minimum atomic E-state index is -1.12. The lowest BCUT2D eigenvalue weighted by Crippen LogP contribution is -2.43. The maximum Gasteiger partial charge on any atom is 0.313 e. The third-order valence-corrected chi connectivity index (χ3v) is 4.70. The van der Waals surface area contributed by atoms with E-state index in [0.717, 1.165) is 28.7 Å². The number of hydrogen-bond donors (Lipinski definition) is 3. The number of carbonyl (C=O) groups excluding carboxylic acids is 2. The van der Waals surface area contributed by atoms with E-state index >= 15 is 0 Å². The number of rotatable bonds is 3. The van der Waals surface area contributed by atoms with Gasteiger partial charge in [-0.1, -0.05) is 42.0 Å². The number of hydrogen-bond acceptors (Lipinski definition) is 3. The molecule has 0 aromatic heterocycles. The van der Waals surface area contributed by atoms with Gasteiger partial charge in [-0.25, -0.2) is 0 Å². The van der Waals surface area contributed by atoms with Crippen LogP contribution < -0.4 is 10.6 Å². The van der Waals surface area contributed by atoms with Gasteiger partial charge < -0.3 is 15.7 Å². The van der Waals surface area contributed by atoms with Crippen molar-refractivity contribution in [2.75, 3.05) is 11.9 Å². The van der Waals surface area contributed by atoms with Crippen LogP contribution in [0.1, 0.15) is 28.7 Å². The number of aryl methyl sites for hydroxylation is 3. The third kappa shape index (κ3) is 3.56. The SMILES string of the molecule is Cc1ccc(NC(=O)C(=O)NCC2(O)CCc3ccccc32)c(C)c1.